The van der Waals surface area contributed by atoms with E-state index in [9.17, 15) is 13.2 Å². The van der Waals surface area contributed by atoms with Gasteiger partial charge in [0.15, 0.2) is 0 Å². The second-order valence-electron chi connectivity index (χ2n) is 14.4. The van der Waals surface area contributed by atoms with Crippen LogP contribution in [-0.2, 0) is 30.5 Å². The molecule has 0 spiro atoms. The molecule has 3 aromatic rings. The molecule has 9 heteroatoms. The molecule has 1 saturated heterocycles. The van der Waals surface area contributed by atoms with E-state index < -0.39 is 23.2 Å². The molecule has 2 bridgehead atoms. The topological polar surface area (TPSA) is 93.7 Å². The SMILES string of the molecule is CC1(C)[C@@H]2C[C@H]1[C@]1(C)OB([C@H](CC3CCC3)NC(=O)[C@H](Cc3ccccc3)NS(=O)(=O)c3ccc4ccccc4c3)O[C@@H]1C2. The van der Waals surface area contributed by atoms with E-state index in [2.05, 4.69) is 30.8 Å². The maximum Gasteiger partial charge on any atom is 0.481 e. The second-order valence-corrected chi connectivity index (χ2v) is 16.1. The Kier molecular flexibility index (Phi) is 7.67. The fourth-order valence-corrected chi connectivity index (χ4v) is 9.54. The number of benzene rings is 3. The third-order valence-corrected chi connectivity index (χ3v) is 12.8. The van der Waals surface area contributed by atoms with Gasteiger partial charge in [0, 0.05) is 0 Å². The van der Waals surface area contributed by atoms with Crippen LogP contribution in [0.3, 0.4) is 0 Å². The van der Waals surface area contributed by atoms with Crippen LogP contribution in [0.25, 0.3) is 10.8 Å². The zero-order valence-electron chi connectivity index (χ0n) is 25.9. The Balaban J connectivity index is 1.14. The number of carbonyl (C=O) groups is 1. The van der Waals surface area contributed by atoms with Crippen molar-refractivity contribution < 1.29 is 22.5 Å². The Morgan fingerprint density at radius 1 is 0.977 bits per heavy atom. The van der Waals surface area contributed by atoms with Gasteiger partial charge >= 0.3 is 7.12 Å². The van der Waals surface area contributed by atoms with E-state index in [1.165, 1.54) is 6.42 Å². The van der Waals surface area contributed by atoms with Crippen LogP contribution in [-0.4, -0.2) is 45.1 Å². The molecule has 1 amide bonds. The van der Waals surface area contributed by atoms with Gasteiger partial charge in [-0.1, -0.05) is 93.8 Å². The summed E-state index contributed by atoms with van der Waals surface area (Å²) in [4.78, 5) is 14.3. The Hall–Kier alpha value is -2.72. The van der Waals surface area contributed by atoms with E-state index >= 15 is 0 Å². The highest BCUT2D eigenvalue weighted by molar-refractivity contribution is 7.89. The van der Waals surface area contributed by atoms with Crippen LogP contribution >= 0.6 is 0 Å². The minimum absolute atomic E-state index is 0.0107. The molecule has 6 atom stereocenters. The Morgan fingerprint density at radius 2 is 1.70 bits per heavy atom. The molecule has 0 unspecified atom stereocenters. The molecule has 7 nitrogen and oxygen atoms in total. The number of hydrogen-bond acceptors (Lipinski definition) is 5. The van der Waals surface area contributed by atoms with Crippen molar-refractivity contribution in [3.05, 3.63) is 78.4 Å². The molecule has 0 aromatic heterocycles. The summed E-state index contributed by atoms with van der Waals surface area (Å²) in [6, 6.07) is 21.2. The molecule has 3 aromatic carbocycles. The predicted molar refractivity (Wildman–Crippen MR) is 172 cm³/mol. The first kappa shape index (κ1) is 30.0. The largest absolute Gasteiger partial charge is 0.481 e. The smallest absolute Gasteiger partial charge is 0.404 e. The lowest BCUT2D eigenvalue weighted by Crippen LogP contribution is -2.65. The Labute approximate surface area is 261 Å². The number of amides is 1. The first-order chi connectivity index (χ1) is 21.0. The summed E-state index contributed by atoms with van der Waals surface area (Å²) in [5.74, 6) is 0.823. The Bertz CT molecular complexity index is 1650. The molecule has 8 rings (SSSR count). The van der Waals surface area contributed by atoms with E-state index in [1.54, 1.807) is 18.2 Å². The van der Waals surface area contributed by atoms with Crippen molar-refractivity contribution >= 4 is 33.8 Å². The highest BCUT2D eigenvalue weighted by Crippen LogP contribution is 2.65. The standard InChI is InChI=1S/C35H43BN2O5S/c1-34(2)27-21-30(34)35(3)31(22-27)42-36(43-35)32(19-24-12-9-13-24)37-33(39)29(18-23-10-5-4-6-11-23)38-44(40,41)28-17-16-25-14-7-8-15-26(25)20-28/h4-8,10-11,14-17,20,24,27,29-32,38H,9,12-13,18-19,21-22H2,1-3H3,(H,37,39)/t27-,29+,30-,31-,32+,35+/m1/s1. The zero-order chi connectivity index (χ0) is 30.7. The van der Waals surface area contributed by atoms with Crippen LogP contribution in [0.1, 0.15) is 64.9 Å². The molecular formula is C35H43BN2O5S. The minimum Gasteiger partial charge on any atom is -0.404 e. The lowest BCUT2D eigenvalue weighted by atomic mass is 9.43. The summed E-state index contributed by atoms with van der Waals surface area (Å²) >= 11 is 0. The van der Waals surface area contributed by atoms with Crippen molar-refractivity contribution in [1.29, 1.82) is 0 Å². The average molecular weight is 615 g/mol. The molecule has 0 radical (unpaired) electrons. The summed E-state index contributed by atoms with van der Waals surface area (Å²) < 4.78 is 43.7. The van der Waals surface area contributed by atoms with E-state index in [1.807, 2.05) is 54.6 Å². The van der Waals surface area contributed by atoms with E-state index in [0.717, 1.165) is 48.4 Å². The molecule has 5 fully saturated rings. The fraction of sp³-hybridized carbons (Fsp3) is 0.514. The number of rotatable bonds is 10. The van der Waals surface area contributed by atoms with Crippen LogP contribution in [0.15, 0.2) is 77.7 Å². The lowest BCUT2D eigenvalue weighted by molar-refractivity contribution is -0.199. The predicted octanol–water partition coefficient (Wildman–Crippen LogP) is 5.67. The number of fused-ring (bicyclic) bond motifs is 1. The van der Waals surface area contributed by atoms with Gasteiger partial charge in [0.05, 0.1) is 22.5 Å². The molecule has 4 saturated carbocycles. The van der Waals surface area contributed by atoms with Crippen LogP contribution in [0.5, 0.6) is 0 Å². The molecule has 5 aliphatic rings. The van der Waals surface area contributed by atoms with Gasteiger partial charge in [0.25, 0.3) is 0 Å². The van der Waals surface area contributed by atoms with Crippen LogP contribution in [0, 0.1) is 23.2 Å². The number of hydrogen-bond donors (Lipinski definition) is 2. The molecule has 2 N–H and O–H groups in total. The van der Waals surface area contributed by atoms with Crippen molar-refractivity contribution in [2.75, 3.05) is 0 Å². The van der Waals surface area contributed by atoms with Gasteiger partial charge in [0.1, 0.15) is 6.04 Å². The number of sulfonamides is 1. The molecule has 44 heavy (non-hydrogen) atoms. The fourth-order valence-electron chi connectivity index (χ4n) is 8.31. The normalized spacial score (nSPS) is 28.9. The summed E-state index contributed by atoms with van der Waals surface area (Å²) in [5.41, 5.74) is 0.711. The summed E-state index contributed by atoms with van der Waals surface area (Å²) in [6.45, 7) is 6.87. The van der Waals surface area contributed by atoms with Crippen LogP contribution in [0.2, 0.25) is 0 Å². The van der Waals surface area contributed by atoms with E-state index in [4.69, 9.17) is 9.31 Å². The van der Waals surface area contributed by atoms with Gasteiger partial charge in [0.2, 0.25) is 15.9 Å². The quantitative estimate of drug-likeness (QED) is 0.287. The first-order valence-corrected chi connectivity index (χ1v) is 17.7. The van der Waals surface area contributed by atoms with Crippen molar-refractivity contribution in [2.24, 2.45) is 23.2 Å². The summed E-state index contributed by atoms with van der Waals surface area (Å²) in [5, 5.41) is 5.02. The van der Waals surface area contributed by atoms with Crippen molar-refractivity contribution in [2.45, 2.75) is 94.3 Å². The summed E-state index contributed by atoms with van der Waals surface area (Å²) in [7, 11) is -4.56. The monoisotopic (exact) mass is 614 g/mol. The van der Waals surface area contributed by atoms with Crippen molar-refractivity contribution in [3.8, 4) is 0 Å². The average Bonchev–Trinajstić information content (AvgIpc) is 3.35. The number of nitrogens with one attached hydrogen (secondary N) is 2. The van der Waals surface area contributed by atoms with Gasteiger partial charge in [-0.3, -0.25) is 4.79 Å². The van der Waals surface area contributed by atoms with Gasteiger partial charge < -0.3 is 14.6 Å². The number of carbonyl (C=O) groups excluding carboxylic acids is 1. The zero-order valence-corrected chi connectivity index (χ0v) is 26.7. The van der Waals surface area contributed by atoms with Crippen LogP contribution in [0.4, 0.5) is 0 Å². The van der Waals surface area contributed by atoms with E-state index in [0.29, 0.717) is 17.8 Å². The minimum atomic E-state index is -4.00. The summed E-state index contributed by atoms with van der Waals surface area (Å²) in [6.07, 6.45) is 6.56. The molecule has 1 aliphatic heterocycles. The molecule has 232 valence electrons. The highest BCUT2D eigenvalue weighted by atomic mass is 32.2. The van der Waals surface area contributed by atoms with Crippen molar-refractivity contribution in [1.82, 2.24) is 10.0 Å². The Morgan fingerprint density at radius 3 is 2.41 bits per heavy atom. The van der Waals surface area contributed by atoms with Gasteiger partial charge in [-0.2, -0.15) is 4.72 Å². The molecule has 4 aliphatic carbocycles. The van der Waals surface area contributed by atoms with Gasteiger partial charge in [-0.05, 0) is 84.2 Å². The van der Waals surface area contributed by atoms with Crippen molar-refractivity contribution in [3.63, 3.8) is 0 Å². The lowest BCUT2D eigenvalue weighted by Gasteiger charge is -2.64. The molecular weight excluding hydrogens is 571 g/mol. The first-order valence-electron chi connectivity index (χ1n) is 16.2. The second kappa shape index (κ2) is 11.3. The highest BCUT2D eigenvalue weighted by Gasteiger charge is 2.68. The third kappa shape index (κ3) is 5.40. The third-order valence-electron chi connectivity index (χ3n) is 11.4. The van der Waals surface area contributed by atoms with Gasteiger partial charge in [-0.15, -0.1) is 0 Å². The van der Waals surface area contributed by atoms with Crippen LogP contribution < -0.4 is 10.0 Å². The maximum absolute atomic E-state index is 14.1. The molecule has 1 heterocycles. The van der Waals surface area contributed by atoms with E-state index in [-0.39, 0.29) is 40.3 Å². The maximum atomic E-state index is 14.1. The van der Waals surface area contributed by atoms with Gasteiger partial charge in [-0.25, -0.2) is 8.42 Å².